The van der Waals surface area contributed by atoms with Crippen molar-refractivity contribution >= 4 is 54.4 Å². The van der Waals surface area contributed by atoms with Crippen LogP contribution in [0.25, 0.3) is 93.6 Å². The summed E-state index contributed by atoms with van der Waals surface area (Å²) in [6.45, 7) is 0. The van der Waals surface area contributed by atoms with E-state index in [9.17, 15) is 0 Å². The molecule has 0 bridgehead atoms. The maximum atomic E-state index is 5.23. The first-order chi connectivity index (χ1) is 27.7. The summed E-state index contributed by atoms with van der Waals surface area (Å²) in [4.78, 5) is 10.2. The Bertz CT molecular complexity index is 3230. The van der Waals surface area contributed by atoms with Crippen LogP contribution in [-0.2, 0) is 6.42 Å². The quantitative estimate of drug-likeness (QED) is 0.161. The van der Waals surface area contributed by atoms with E-state index in [1.54, 1.807) is 0 Å². The molecule has 0 unspecified atom stereocenters. The highest BCUT2D eigenvalue weighted by Crippen LogP contribution is 2.36. The van der Waals surface area contributed by atoms with Gasteiger partial charge >= 0.3 is 0 Å². The van der Waals surface area contributed by atoms with Crippen molar-refractivity contribution in [1.29, 1.82) is 0 Å². The molecule has 0 fully saturated rings. The molecule has 0 amide bonds. The number of hydrogen-bond acceptors (Lipinski definition) is 2. The zero-order chi connectivity index (χ0) is 37.0. The maximum Gasteiger partial charge on any atom is 0.0979 e. The first kappa shape index (κ1) is 32.1. The molecule has 0 aliphatic carbocycles. The van der Waals surface area contributed by atoms with Crippen molar-refractivity contribution in [2.45, 2.75) is 6.42 Å². The van der Waals surface area contributed by atoms with Crippen molar-refractivity contribution in [2.24, 2.45) is 0 Å². The molecule has 11 aromatic rings. The van der Waals surface area contributed by atoms with Crippen molar-refractivity contribution in [2.75, 3.05) is 0 Å². The van der Waals surface area contributed by atoms with Gasteiger partial charge in [-0.25, -0.2) is 4.98 Å². The minimum absolute atomic E-state index is 0.864. The molecule has 9 aromatic carbocycles. The third kappa shape index (κ3) is 5.44. The topological polar surface area (TPSA) is 30.7 Å². The molecule has 0 radical (unpaired) electrons. The van der Waals surface area contributed by atoms with Crippen LogP contribution in [0.4, 0.5) is 0 Å². The van der Waals surface area contributed by atoms with Crippen molar-refractivity contribution in [3.63, 3.8) is 0 Å². The minimum atomic E-state index is 0.864. The zero-order valence-corrected chi connectivity index (χ0v) is 30.6. The molecular weight excluding hydrogens is 679 g/mol. The maximum absolute atomic E-state index is 5.23. The molecule has 0 spiro atoms. The number of aromatic nitrogens is 3. The molecule has 2 heterocycles. The fraction of sp³-hybridized carbons (Fsp3) is 0.0189. The third-order valence-electron chi connectivity index (χ3n) is 11.2. The second-order valence-electron chi connectivity index (χ2n) is 14.6. The van der Waals surface area contributed by atoms with E-state index in [4.69, 9.17) is 9.97 Å². The van der Waals surface area contributed by atoms with E-state index in [1.807, 2.05) is 6.20 Å². The van der Waals surface area contributed by atoms with Crippen molar-refractivity contribution in [1.82, 2.24) is 14.5 Å². The molecule has 0 saturated heterocycles. The summed E-state index contributed by atoms with van der Waals surface area (Å²) in [7, 11) is 0. The number of benzene rings is 9. The van der Waals surface area contributed by atoms with E-state index in [2.05, 4.69) is 199 Å². The average molecular weight is 714 g/mol. The van der Waals surface area contributed by atoms with Gasteiger partial charge in [0, 0.05) is 32.8 Å². The van der Waals surface area contributed by atoms with E-state index in [-0.39, 0.29) is 0 Å². The summed E-state index contributed by atoms with van der Waals surface area (Å²) in [5, 5.41) is 7.22. The van der Waals surface area contributed by atoms with Gasteiger partial charge in [0.2, 0.25) is 0 Å². The predicted molar refractivity (Wildman–Crippen MR) is 234 cm³/mol. The molecule has 0 aliphatic rings. The Labute approximate surface area is 324 Å². The van der Waals surface area contributed by atoms with Crippen LogP contribution in [0, 0.1) is 0 Å². The van der Waals surface area contributed by atoms with E-state index in [0.717, 1.165) is 45.0 Å². The van der Waals surface area contributed by atoms with Crippen molar-refractivity contribution < 1.29 is 0 Å². The van der Waals surface area contributed by atoms with Gasteiger partial charge in [0.1, 0.15) is 0 Å². The highest BCUT2D eigenvalue weighted by Gasteiger charge is 2.14. The lowest BCUT2D eigenvalue weighted by atomic mass is 9.96. The Balaban J connectivity index is 0.880. The Morgan fingerprint density at radius 1 is 0.357 bits per heavy atom. The largest absolute Gasteiger partial charge is 0.309 e. The smallest absolute Gasteiger partial charge is 0.0979 e. The first-order valence-corrected chi connectivity index (χ1v) is 19.2. The molecule has 2 aromatic heterocycles. The fourth-order valence-electron chi connectivity index (χ4n) is 8.56. The Hall–Kier alpha value is -7.36. The summed E-state index contributed by atoms with van der Waals surface area (Å²) in [5.74, 6) is 0. The first-order valence-electron chi connectivity index (χ1n) is 19.2. The molecule has 3 heteroatoms. The number of fused-ring (bicyclic) bond motifs is 9. The molecule has 262 valence electrons. The standard InChI is InChI=1S/C53H35N3/c1-2-16-42(17-3-1)56-50-23-9-8-20-45(50)48-32-36(24-29-51(48)56)30-35-12-10-13-39(31-35)37-25-27-38(28-26-37)40-14-11-15-41(33-40)49-34-54-52-46-21-6-4-18-43(46)44-19-5-7-22-47(44)53(52)55-49/h1-29,31-34H,30H2. The number of nitrogens with zero attached hydrogens (tertiary/aromatic N) is 3. The lowest BCUT2D eigenvalue weighted by Gasteiger charge is -2.11. The van der Waals surface area contributed by atoms with Crippen LogP contribution in [-0.4, -0.2) is 14.5 Å². The molecule has 0 saturated carbocycles. The van der Waals surface area contributed by atoms with Crippen LogP contribution in [0.5, 0.6) is 0 Å². The number of rotatable bonds is 6. The van der Waals surface area contributed by atoms with E-state index in [0.29, 0.717) is 0 Å². The molecule has 0 atom stereocenters. The Kier molecular flexibility index (Phi) is 7.56. The van der Waals surface area contributed by atoms with Crippen LogP contribution in [0.3, 0.4) is 0 Å². The minimum Gasteiger partial charge on any atom is -0.309 e. The summed E-state index contributed by atoms with van der Waals surface area (Å²) in [5.41, 5.74) is 14.8. The monoisotopic (exact) mass is 713 g/mol. The van der Waals surface area contributed by atoms with Gasteiger partial charge in [-0.2, -0.15) is 0 Å². The Morgan fingerprint density at radius 3 is 1.68 bits per heavy atom. The summed E-state index contributed by atoms with van der Waals surface area (Å²) in [6.07, 6.45) is 2.78. The summed E-state index contributed by atoms with van der Waals surface area (Å²) >= 11 is 0. The fourth-order valence-corrected chi connectivity index (χ4v) is 8.56. The molecule has 0 N–H and O–H groups in total. The normalized spacial score (nSPS) is 11.6. The number of para-hydroxylation sites is 2. The molecule has 11 rings (SSSR count). The van der Waals surface area contributed by atoms with Gasteiger partial charge in [-0.3, -0.25) is 4.98 Å². The van der Waals surface area contributed by atoms with Crippen molar-refractivity contribution in [3.8, 4) is 39.2 Å². The van der Waals surface area contributed by atoms with Crippen molar-refractivity contribution in [3.05, 3.63) is 211 Å². The van der Waals surface area contributed by atoms with Gasteiger partial charge in [0.15, 0.2) is 0 Å². The van der Waals surface area contributed by atoms with Gasteiger partial charge < -0.3 is 4.57 Å². The van der Waals surface area contributed by atoms with Gasteiger partial charge in [-0.15, -0.1) is 0 Å². The average Bonchev–Trinajstić information content (AvgIpc) is 3.60. The van der Waals surface area contributed by atoms with Crippen LogP contribution in [0.15, 0.2) is 200 Å². The van der Waals surface area contributed by atoms with Gasteiger partial charge in [0.25, 0.3) is 0 Å². The summed E-state index contributed by atoms with van der Waals surface area (Å²) < 4.78 is 2.37. The SMILES string of the molecule is c1ccc(-n2c3ccccc3c3cc(Cc4cccc(-c5ccc(-c6cccc(-c7cnc8c9ccccc9c9ccccc9c8n7)c6)cc5)c4)ccc32)cc1. The highest BCUT2D eigenvalue weighted by molar-refractivity contribution is 6.23. The third-order valence-corrected chi connectivity index (χ3v) is 11.2. The van der Waals surface area contributed by atoms with E-state index < -0.39 is 0 Å². The second kappa shape index (κ2) is 13.2. The lowest BCUT2D eigenvalue weighted by Crippen LogP contribution is -1.93. The van der Waals surface area contributed by atoms with E-state index in [1.165, 1.54) is 66.1 Å². The molecule has 3 nitrogen and oxygen atoms in total. The van der Waals surface area contributed by atoms with E-state index >= 15 is 0 Å². The number of hydrogen-bond donors (Lipinski definition) is 0. The highest BCUT2D eigenvalue weighted by atomic mass is 15.0. The predicted octanol–water partition coefficient (Wildman–Crippen LogP) is 13.6. The lowest BCUT2D eigenvalue weighted by molar-refractivity contribution is 1.17. The van der Waals surface area contributed by atoms with Gasteiger partial charge in [-0.1, -0.05) is 158 Å². The zero-order valence-electron chi connectivity index (χ0n) is 30.6. The van der Waals surface area contributed by atoms with Gasteiger partial charge in [0.05, 0.1) is 34.0 Å². The van der Waals surface area contributed by atoms with Crippen LogP contribution >= 0.6 is 0 Å². The molecule has 0 aliphatic heterocycles. The second-order valence-corrected chi connectivity index (χ2v) is 14.6. The van der Waals surface area contributed by atoms with Crippen LogP contribution in [0.1, 0.15) is 11.1 Å². The van der Waals surface area contributed by atoms with Crippen LogP contribution in [0.2, 0.25) is 0 Å². The van der Waals surface area contributed by atoms with Gasteiger partial charge in [-0.05, 0) is 87.0 Å². The summed E-state index contributed by atoms with van der Waals surface area (Å²) in [6, 6.07) is 69.8. The Morgan fingerprint density at radius 2 is 0.929 bits per heavy atom. The molecular formula is C53H35N3. The van der Waals surface area contributed by atoms with Crippen LogP contribution < -0.4 is 0 Å². The molecule has 56 heavy (non-hydrogen) atoms.